The van der Waals surface area contributed by atoms with Crippen LogP contribution >= 0.6 is 0 Å². The van der Waals surface area contributed by atoms with E-state index in [1.807, 2.05) is 34.9 Å². The van der Waals surface area contributed by atoms with E-state index in [-0.39, 0.29) is 32.0 Å². The van der Waals surface area contributed by atoms with Crippen LogP contribution < -0.4 is 23.6 Å². The van der Waals surface area contributed by atoms with Gasteiger partial charge in [-0.25, -0.2) is 10.1 Å². The molecule has 1 aromatic carbocycles. The molecule has 148 valence electrons. The molecule has 0 atom stereocenters. The second-order valence-corrected chi connectivity index (χ2v) is 6.91. The van der Waals surface area contributed by atoms with Gasteiger partial charge in [-0.2, -0.15) is 6.07 Å². The Balaban J connectivity index is 0.00000729. The number of nitriles is 1. The molecule has 0 aliphatic rings. The monoisotopic (exact) mass is 378 g/mol. The predicted molar refractivity (Wildman–Crippen MR) is 105 cm³/mol. The summed E-state index contributed by atoms with van der Waals surface area (Å²) in [6.07, 6.45) is 2.94. The molecule has 0 saturated heterocycles. The van der Waals surface area contributed by atoms with Crippen molar-refractivity contribution in [3.63, 3.8) is 0 Å². The Kier molecular flexibility index (Phi) is 11.4. The average molecular weight is 378 g/mol. The Morgan fingerprint density at radius 1 is 1.46 bits per heavy atom. The fourth-order valence-electron chi connectivity index (χ4n) is 1.91. The molecule has 0 radical (unpaired) electrons. The largest absolute Gasteiger partial charge is 1.00 e. The minimum absolute atomic E-state index is 0. The van der Waals surface area contributed by atoms with Gasteiger partial charge in [0.1, 0.15) is 5.60 Å². The molecule has 0 N–H and O–H groups in total. The first-order valence-electron chi connectivity index (χ1n) is 8.55. The molecule has 0 spiro atoms. The third-order valence-corrected chi connectivity index (χ3v) is 3.10. The average Bonchev–Trinajstić information content (AvgIpc) is 2.58. The molecule has 0 saturated carbocycles. The number of carbonyl (C=O) groups excluding carboxylic acids is 1. The molecule has 0 unspecified atom stereocenters. The first kappa shape index (κ1) is 25.8. The zero-order chi connectivity index (χ0) is 20.4. The van der Waals surface area contributed by atoms with Crippen LogP contribution in [0.2, 0.25) is 0 Å². The Bertz CT molecular complexity index is 694. The maximum atomic E-state index is 12.1. The number of hydrogen-bond acceptors (Lipinski definition) is 5. The van der Waals surface area contributed by atoms with E-state index in [0.717, 1.165) is 0 Å². The zero-order valence-corrected chi connectivity index (χ0v) is 17.7. The van der Waals surface area contributed by atoms with E-state index in [0.29, 0.717) is 23.5 Å². The molecule has 0 aliphatic heterocycles. The van der Waals surface area contributed by atoms with Crippen molar-refractivity contribution in [2.75, 3.05) is 33.8 Å². The van der Waals surface area contributed by atoms with Gasteiger partial charge in [-0.15, -0.1) is 25.2 Å². The van der Waals surface area contributed by atoms with Crippen LogP contribution in [0.3, 0.4) is 0 Å². The number of ether oxygens (including phenoxy) is 2. The van der Waals surface area contributed by atoms with E-state index in [1.165, 1.54) is 4.90 Å². The Morgan fingerprint density at radius 2 is 2.14 bits per heavy atom. The molecule has 8 heteroatoms. The third-order valence-electron chi connectivity index (χ3n) is 3.10. The molecule has 0 heterocycles. The van der Waals surface area contributed by atoms with Crippen molar-refractivity contribution in [3.8, 4) is 11.8 Å². The maximum absolute atomic E-state index is 12.1. The van der Waals surface area contributed by atoms with Gasteiger partial charge in [-0.1, -0.05) is 0 Å². The van der Waals surface area contributed by atoms with E-state index >= 15 is 0 Å². The van der Waals surface area contributed by atoms with Gasteiger partial charge in [0, 0.05) is 31.5 Å². The Hall–Kier alpha value is -2.15. The second kappa shape index (κ2) is 12.3. The number of nitrogens with zero attached hydrogens (tertiary/aromatic N) is 4. The van der Waals surface area contributed by atoms with Crippen molar-refractivity contribution in [1.29, 1.82) is 5.26 Å². The molecule has 0 aliphatic carbocycles. The number of aliphatic imine (C=N–C) groups is 1. The summed E-state index contributed by atoms with van der Waals surface area (Å²) < 4.78 is 11.0. The fourth-order valence-corrected chi connectivity index (χ4v) is 1.91. The molecular formula is C20H27LiN4O3-2. The van der Waals surface area contributed by atoms with Gasteiger partial charge in [0.05, 0.1) is 6.34 Å². The van der Waals surface area contributed by atoms with E-state index in [4.69, 9.17) is 9.47 Å². The summed E-state index contributed by atoms with van der Waals surface area (Å²) in [6.45, 7) is 9.96. The summed E-state index contributed by atoms with van der Waals surface area (Å²) in [5.74, 6) is 0.320. The third kappa shape index (κ3) is 9.17. The normalized spacial score (nSPS) is 10.8. The van der Waals surface area contributed by atoms with Crippen LogP contribution in [0.1, 0.15) is 26.3 Å². The van der Waals surface area contributed by atoms with E-state index in [9.17, 15) is 10.1 Å². The molecular weight excluding hydrogens is 351 g/mol. The second-order valence-electron chi connectivity index (χ2n) is 6.91. The van der Waals surface area contributed by atoms with Crippen molar-refractivity contribution in [2.24, 2.45) is 4.99 Å². The minimum atomic E-state index is -0.564. The van der Waals surface area contributed by atoms with Crippen molar-refractivity contribution < 1.29 is 33.1 Å². The molecule has 7 nitrogen and oxygen atoms in total. The number of rotatable bonds is 8. The molecule has 0 aromatic heterocycles. The van der Waals surface area contributed by atoms with Crippen LogP contribution in [0.5, 0.6) is 5.75 Å². The van der Waals surface area contributed by atoms with Crippen molar-refractivity contribution in [1.82, 2.24) is 9.80 Å². The Morgan fingerprint density at radius 3 is 2.68 bits per heavy atom. The van der Waals surface area contributed by atoms with Gasteiger partial charge in [0.15, 0.2) is 0 Å². The smallest absolute Gasteiger partial charge is 0.549 e. The van der Waals surface area contributed by atoms with Crippen LogP contribution in [-0.4, -0.2) is 61.6 Å². The first-order chi connectivity index (χ1) is 12.7. The zero-order valence-electron chi connectivity index (χ0n) is 17.7. The molecule has 1 aromatic rings. The summed E-state index contributed by atoms with van der Waals surface area (Å²) in [4.78, 5) is 19.5. The number of hydrogen-bond donors (Lipinski definition) is 0. The molecule has 1 amide bonds. The number of benzene rings is 1. The summed E-state index contributed by atoms with van der Waals surface area (Å²) in [5, 5.41) is 9.40. The van der Waals surface area contributed by atoms with Crippen molar-refractivity contribution >= 4 is 18.1 Å². The van der Waals surface area contributed by atoms with Crippen LogP contribution in [-0.2, 0) is 4.74 Å². The van der Waals surface area contributed by atoms with Crippen molar-refractivity contribution in [2.45, 2.75) is 26.4 Å². The van der Waals surface area contributed by atoms with Gasteiger partial charge in [0.25, 0.3) is 0 Å². The van der Waals surface area contributed by atoms with Crippen LogP contribution in [0.15, 0.2) is 17.1 Å². The first-order valence-corrected chi connectivity index (χ1v) is 8.55. The van der Waals surface area contributed by atoms with Crippen molar-refractivity contribution in [3.05, 3.63) is 37.1 Å². The molecule has 0 bridgehead atoms. The van der Waals surface area contributed by atoms with E-state index < -0.39 is 11.7 Å². The number of carbonyl (C=O) groups is 1. The molecule has 1 rings (SSSR count). The van der Waals surface area contributed by atoms with Crippen LogP contribution in [0.4, 0.5) is 10.5 Å². The van der Waals surface area contributed by atoms with E-state index in [1.54, 1.807) is 29.8 Å². The quantitative estimate of drug-likeness (QED) is 0.213. The minimum Gasteiger partial charge on any atom is -0.549 e. The van der Waals surface area contributed by atoms with Gasteiger partial charge >= 0.3 is 25.0 Å². The number of amides is 1. The standard InChI is InChI=1S/C20H27N4O3.Li/c1-7-24(19(25)27-20(2,3)4)12-9-13-26-18-11-8-10-17(16(18)14-21)22-15-23(5)6;/h8-10,15H,1,7,12-13H2,2-6H3;/q-3;+1. The SMILES string of the molecule is [CH2-]CN(C[CH-]COc1[c-]ccc(N=CN(C)C)c1C#N)C(=O)OC(C)(C)C.[Li+]. The van der Waals surface area contributed by atoms with E-state index in [2.05, 4.69) is 24.1 Å². The summed E-state index contributed by atoms with van der Waals surface area (Å²) >= 11 is 0. The molecule has 28 heavy (non-hydrogen) atoms. The summed E-state index contributed by atoms with van der Waals surface area (Å²) in [7, 11) is 3.69. The topological polar surface area (TPSA) is 78.2 Å². The van der Waals surface area contributed by atoms with Gasteiger partial charge in [-0.05, 0) is 33.1 Å². The maximum Gasteiger partial charge on any atom is 1.00 e. The predicted octanol–water partition coefficient (Wildman–Crippen LogP) is 0.238. The summed E-state index contributed by atoms with van der Waals surface area (Å²) in [5.41, 5.74) is 0.254. The summed E-state index contributed by atoms with van der Waals surface area (Å²) in [6, 6.07) is 8.35. The Labute approximate surface area is 180 Å². The van der Waals surface area contributed by atoms with Gasteiger partial charge in [-0.3, -0.25) is 11.4 Å². The van der Waals surface area contributed by atoms with Gasteiger partial charge < -0.3 is 26.2 Å². The fraction of sp³-hybridized carbons (Fsp3) is 0.450. The molecule has 0 fully saturated rings. The van der Waals surface area contributed by atoms with Crippen LogP contribution in [0.25, 0.3) is 0 Å². The van der Waals surface area contributed by atoms with Gasteiger partial charge in [0.2, 0.25) is 0 Å². The van der Waals surface area contributed by atoms with Crippen LogP contribution in [0, 0.1) is 30.7 Å².